The number of aromatic hydroxyl groups is 1. The maximum absolute atomic E-state index is 10.9. The number of nitrogens with zero attached hydrogens (tertiary/aromatic N) is 5. The average Bonchev–Trinajstić information content (AvgIpc) is 3.23. The average molecular weight is 439 g/mol. The Labute approximate surface area is 180 Å². The SMILES string of the molecule is Oc1c(-c2n[nH]c(Cc3ccccc3)n2)nc(N2CCCCS2(O)O)c2cccnc12. The Morgan fingerprint density at radius 2 is 1.87 bits per heavy atom. The largest absolute Gasteiger partial charge is 0.504 e. The Kier molecular flexibility index (Phi) is 4.97. The number of hydrogen-bond donors (Lipinski definition) is 4. The first-order valence-corrected chi connectivity index (χ1v) is 11.7. The molecule has 0 unspecified atom stereocenters. The van der Waals surface area contributed by atoms with Crippen molar-refractivity contribution in [2.75, 3.05) is 16.6 Å². The maximum Gasteiger partial charge on any atom is 0.203 e. The number of rotatable bonds is 4. The molecule has 1 aliphatic rings. The zero-order valence-electron chi connectivity index (χ0n) is 16.6. The van der Waals surface area contributed by atoms with E-state index in [0.29, 0.717) is 35.5 Å². The lowest BCUT2D eigenvalue weighted by Gasteiger charge is -2.47. The molecule has 0 bridgehead atoms. The number of hydrogen-bond acceptors (Lipinski definition) is 8. The molecule has 1 saturated heterocycles. The van der Waals surface area contributed by atoms with Gasteiger partial charge < -0.3 is 5.11 Å². The first-order chi connectivity index (χ1) is 15.0. The van der Waals surface area contributed by atoms with Crippen LogP contribution in [0.3, 0.4) is 0 Å². The van der Waals surface area contributed by atoms with E-state index in [2.05, 4.69) is 25.1 Å². The summed E-state index contributed by atoms with van der Waals surface area (Å²) < 4.78 is 22.8. The van der Waals surface area contributed by atoms with Crippen LogP contribution in [0.2, 0.25) is 0 Å². The molecular weight excluding hydrogens is 416 g/mol. The molecule has 0 amide bonds. The Bertz CT molecular complexity index is 1230. The summed E-state index contributed by atoms with van der Waals surface area (Å²) in [6.07, 6.45) is 3.68. The molecule has 0 atom stereocenters. The summed E-state index contributed by atoms with van der Waals surface area (Å²) >= 11 is 0. The van der Waals surface area contributed by atoms with Gasteiger partial charge in [0, 0.05) is 24.5 Å². The normalized spacial score (nSPS) is 17.0. The molecule has 160 valence electrons. The van der Waals surface area contributed by atoms with E-state index in [0.717, 1.165) is 18.4 Å². The third kappa shape index (κ3) is 3.69. The molecule has 1 fully saturated rings. The first kappa shape index (κ1) is 19.7. The van der Waals surface area contributed by atoms with E-state index >= 15 is 0 Å². The molecule has 4 heterocycles. The zero-order chi connectivity index (χ0) is 21.4. The van der Waals surface area contributed by atoms with Crippen molar-refractivity contribution in [3.63, 3.8) is 0 Å². The Morgan fingerprint density at radius 3 is 2.68 bits per heavy atom. The second kappa shape index (κ2) is 7.80. The van der Waals surface area contributed by atoms with Gasteiger partial charge in [-0.25, -0.2) is 9.97 Å². The lowest BCUT2D eigenvalue weighted by atomic mass is 10.1. The van der Waals surface area contributed by atoms with E-state index < -0.39 is 10.8 Å². The summed E-state index contributed by atoms with van der Waals surface area (Å²) in [6.45, 7) is 0.455. The standard InChI is InChI=1S/C21H22N6O3S/c28-19-17-15(9-6-10-22-17)21(27-11-4-5-12-31(27,29)30)24-18(19)20-23-16(25-26-20)13-14-7-2-1-3-8-14/h1-3,6-10,28-30H,4-5,11-13H2,(H,23,25,26). The molecule has 31 heavy (non-hydrogen) atoms. The third-order valence-electron chi connectivity index (χ3n) is 5.29. The van der Waals surface area contributed by atoms with Crippen molar-refractivity contribution < 1.29 is 14.2 Å². The van der Waals surface area contributed by atoms with Crippen LogP contribution in [0.4, 0.5) is 5.82 Å². The van der Waals surface area contributed by atoms with E-state index in [1.54, 1.807) is 18.3 Å². The van der Waals surface area contributed by atoms with Gasteiger partial charge in [-0.15, -0.1) is 10.8 Å². The Balaban J connectivity index is 1.61. The third-order valence-corrected chi connectivity index (χ3v) is 7.19. The van der Waals surface area contributed by atoms with Gasteiger partial charge in [-0.2, -0.15) is 5.10 Å². The molecule has 1 aromatic carbocycles. The van der Waals surface area contributed by atoms with E-state index in [9.17, 15) is 14.2 Å². The number of nitrogens with one attached hydrogen (secondary N) is 1. The summed E-state index contributed by atoms with van der Waals surface area (Å²) in [6, 6.07) is 13.3. The van der Waals surface area contributed by atoms with Crippen LogP contribution in [0.15, 0.2) is 48.7 Å². The van der Waals surface area contributed by atoms with Crippen LogP contribution in [0.5, 0.6) is 5.75 Å². The summed E-state index contributed by atoms with van der Waals surface area (Å²) in [5, 5.41) is 18.6. The predicted molar refractivity (Wildman–Crippen MR) is 120 cm³/mol. The molecule has 0 aliphatic carbocycles. The van der Waals surface area contributed by atoms with Crippen molar-refractivity contribution >= 4 is 27.5 Å². The first-order valence-electron chi connectivity index (χ1n) is 10.00. The highest BCUT2D eigenvalue weighted by molar-refractivity contribution is 8.25. The summed E-state index contributed by atoms with van der Waals surface area (Å²) in [7, 11) is -3.00. The highest BCUT2D eigenvalue weighted by atomic mass is 32.3. The van der Waals surface area contributed by atoms with Crippen molar-refractivity contribution in [3.8, 4) is 17.3 Å². The second-order valence-electron chi connectivity index (χ2n) is 7.45. The highest BCUT2D eigenvalue weighted by Gasteiger charge is 2.31. The minimum Gasteiger partial charge on any atom is -0.504 e. The fraction of sp³-hybridized carbons (Fsp3) is 0.238. The molecule has 1 aliphatic heterocycles. The Hall–Kier alpha value is -3.21. The second-order valence-corrected chi connectivity index (χ2v) is 9.56. The lowest BCUT2D eigenvalue weighted by molar-refractivity contribution is 0.466. The van der Waals surface area contributed by atoms with Gasteiger partial charge in [0.05, 0.1) is 5.75 Å². The van der Waals surface area contributed by atoms with Gasteiger partial charge in [-0.3, -0.25) is 23.5 Å². The minimum absolute atomic E-state index is 0.141. The molecular formula is C21H22N6O3S. The molecule has 5 rings (SSSR count). The molecule has 10 heteroatoms. The topological polar surface area (TPSA) is 131 Å². The highest BCUT2D eigenvalue weighted by Crippen LogP contribution is 2.51. The summed E-state index contributed by atoms with van der Waals surface area (Å²) in [5.41, 5.74) is 1.54. The van der Waals surface area contributed by atoms with Gasteiger partial charge in [-0.1, -0.05) is 30.3 Å². The van der Waals surface area contributed by atoms with Gasteiger partial charge >= 0.3 is 0 Å². The fourth-order valence-corrected chi connectivity index (χ4v) is 5.42. The molecule has 4 N–H and O–H groups in total. The van der Waals surface area contributed by atoms with Crippen molar-refractivity contribution in [3.05, 3.63) is 60.0 Å². The number of pyridine rings is 2. The van der Waals surface area contributed by atoms with Gasteiger partial charge in [0.2, 0.25) is 5.82 Å². The van der Waals surface area contributed by atoms with Crippen molar-refractivity contribution in [2.45, 2.75) is 19.3 Å². The van der Waals surface area contributed by atoms with Crippen LogP contribution in [0.1, 0.15) is 24.2 Å². The Morgan fingerprint density at radius 1 is 1.03 bits per heavy atom. The number of benzene rings is 1. The molecule has 0 spiro atoms. The number of aromatic amines is 1. The molecule has 0 saturated carbocycles. The van der Waals surface area contributed by atoms with Gasteiger partial charge in [0.15, 0.2) is 17.3 Å². The van der Waals surface area contributed by atoms with E-state index in [4.69, 9.17) is 0 Å². The van der Waals surface area contributed by atoms with Crippen molar-refractivity contribution in [1.82, 2.24) is 25.1 Å². The van der Waals surface area contributed by atoms with E-state index in [1.165, 1.54) is 4.31 Å². The monoisotopic (exact) mass is 438 g/mol. The van der Waals surface area contributed by atoms with Crippen molar-refractivity contribution in [1.29, 1.82) is 0 Å². The number of fused-ring (bicyclic) bond motifs is 1. The summed E-state index contributed by atoms with van der Waals surface area (Å²) in [4.78, 5) is 13.4. The van der Waals surface area contributed by atoms with Crippen molar-refractivity contribution in [2.24, 2.45) is 0 Å². The van der Waals surface area contributed by atoms with Crippen LogP contribution < -0.4 is 4.31 Å². The van der Waals surface area contributed by atoms with E-state index in [-0.39, 0.29) is 23.0 Å². The molecule has 4 aromatic rings. The van der Waals surface area contributed by atoms with Gasteiger partial charge in [-0.05, 0) is 30.5 Å². The van der Waals surface area contributed by atoms with Crippen LogP contribution in [0, 0.1) is 0 Å². The number of aromatic nitrogens is 5. The molecule has 3 aromatic heterocycles. The fourth-order valence-electron chi connectivity index (χ4n) is 3.77. The van der Waals surface area contributed by atoms with E-state index in [1.807, 2.05) is 30.3 Å². The minimum atomic E-state index is -3.00. The number of anilines is 1. The quantitative estimate of drug-likeness (QED) is 0.376. The van der Waals surface area contributed by atoms with Crippen LogP contribution in [0.25, 0.3) is 22.4 Å². The number of H-pyrrole nitrogens is 1. The maximum atomic E-state index is 10.9. The molecule has 0 radical (unpaired) electrons. The van der Waals surface area contributed by atoms with Crippen LogP contribution in [-0.4, -0.2) is 51.7 Å². The van der Waals surface area contributed by atoms with Crippen LogP contribution >= 0.6 is 10.8 Å². The zero-order valence-corrected chi connectivity index (χ0v) is 17.5. The molecule has 9 nitrogen and oxygen atoms in total. The summed E-state index contributed by atoms with van der Waals surface area (Å²) in [5.74, 6) is 1.37. The van der Waals surface area contributed by atoms with Crippen LogP contribution in [-0.2, 0) is 6.42 Å². The van der Waals surface area contributed by atoms with Gasteiger partial charge in [0.25, 0.3) is 0 Å². The van der Waals surface area contributed by atoms with Gasteiger partial charge in [0.1, 0.15) is 11.3 Å². The predicted octanol–water partition coefficient (Wildman–Crippen LogP) is 3.98. The lowest BCUT2D eigenvalue weighted by Crippen LogP contribution is -2.35. The smallest absolute Gasteiger partial charge is 0.203 e.